The van der Waals surface area contributed by atoms with Crippen LogP contribution in [-0.2, 0) is 0 Å². The molecule has 7 heteroatoms. The van der Waals surface area contributed by atoms with Gasteiger partial charge in [0.1, 0.15) is 11.0 Å². The van der Waals surface area contributed by atoms with Gasteiger partial charge in [-0.15, -0.1) is 0 Å². The summed E-state index contributed by atoms with van der Waals surface area (Å²) < 4.78 is 0. The molecule has 1 unspecified atom stereocenters. The normalized spacial score (nSPS) is 12.4. The van der Waals surface area contributed by atoms with E-state index >= 15 is 0 Å². The van der Waals surface area contributed by atoms with Crippen molar-refractivity contribution in [1.29, 1.82) is 0 Å². The standard InChI is InChI=1S/C11H11Cl2N5/c12-7-4-8(11(14)17-5-7)10(18-15)6-1-2-16-9(13)3-6/h1-5,10,18H,15H2,(H2,14,17). The van der Waals surface area contributed by atoms with Crippen LogP contribution in [0.5, 0.6) is 0 Å². The number of hydrazine groups is 1. The van der Waals surface area contributed by atoms with Crippen LogP contribution in [-0.4, -0.2) is 9.97 Å². The van der Waals surface area contributed by atoms with Gasteiger partial charge >= 0.3 is 0 Å². The van der Waals surface area contributed by atoms with E-state index in [-0.39, 0.29) is 6.04 Å². The summed E-state index contributed by atoms with van der Waals surface area (Å²) in [5.74, 6) is 5.92. The van der Waals surface area contributed by atoms with Crippen molar-refractivity contribution in [3.05, 3.63) is 51.9 Å². The van der Waals surface area contributed by atoms with Gasteiger partial charge in [-0.2, -0.15) is 0 Å². The lowest BCUT2D eigenvalue weighted by molar-refractivity contribution is 0.636. The van der Waals surface area contributed by atoms with Gasteiger partial charge < -0.3 is 5.73 Å². The monoisotopic (exact) mass is 283 g/mol. The average molecular weight is 284 g/mol. The Hall–Kier alpha value is -1.40. The van der Waals surface area contributed by atoms with Gasteiger partial charge in [-0.1, -0.05) is 23.2 Å². The van der Waals surface area contributed by atoms with Crippen LogP contribution in [0.3, 0.4) is 0 Å². The summed E-state index contributed by atoms with van der Waals surface area (Å²) in [7, 11) is 0. The minimum absolute atomic E-state index is 0.350. The first-order valence-corrected chi connectivity index (χ1v) is 5.86. The van der Waals surface area contributed by atoms with Crippen molar-refractivity contribution in [2.75, 3.05) is 5.73 Å². The lowest BCUT2D eigenvalue weighted by Gasteiger charge is -2.18. The molecule has 2 aromatic rings. The molecule has 0 aliphatic rings. The van der Waals surface area contributed by atoms with E-state index in [2.05, 4.69) is 15.4 Å². The number of nitrogen functional groups attached to an aromatic ring is 1. The summed E-state index contributed by atoms with van der Waals surface area (Å²) in [5.41, 5.74) is 10.0. The molecule has 0 amide bonds. The zero-order chi connectivity index (χ0) is 13.1. The van der Waals surface area contributed by atoms with Gasteiger partial charge in [-0.25, -0.2) is 15.4 Å². The van der Waals surface area contributed by atoms with Gasteiger partial charge in [0.2, 0.25) is 0 Å². The largest absolute Gasteiger partial charge is 0.383 e. The quantitative estimate of drug-likeness (QED) is 0.455. The van der Waals surface area contributed by atoms with E-state index < -0.39 is 0 Å². The fourth-order valence-electron chi connectivity index (χ4n) is 1.66. The van der Waals surface area contributed by atoms with Gasteiger partial charge in [-0.05, 0) is 23.8 Å². The summed E-state index contributed by atoms with van der Waals surface area (Å²) in [5, 5.41) is 0.862. The molecule has 0 bridgehead atoms. The molecule has 0 saturated carbocycles. The Bertz CT molecular complexity index is 561. The van der Waals surface area contributed by atoms with E-state index in [1.807, 2.05) is 0 Å². The molecule has 5 nitrogen and oxygen atoms in total. The second-order valence-corrected chi connectivity index (χ2v) is 4.46. The minimum atomic E-state index is -0.350. The van der Waals surface area contributed by atoms with Gasteiger partial charge in [0.15, 0.2) is 0 Å². The predicted molar refractivity (Wildman–Crippen MR) is 72.1 cm³/mol. The molecule has 0 aromatic carbocycles. The number of rotatable bonds is 3. The molecule has 2 heterocycles. The molecule has 1 atom stereocenters. The lowest BCUT2D eigenvalue weighted by atomic mass is 10.0. The molecular weight excluding hydrogens is 273 g/mol. The molecule has 0 radical (unpaired) electrons. The van der Waals surface area contributed by atoms with Gasteiger partial charge in [0.25, 0.3) is 0 Å². The zero-order valence-electron chi connectivity index (χ0n) is 9.27. The van der Waals surface area contributed by atoms with Crippen LogP contribution in [0.1, 0.15) is 17.2 Å². The third-order valence-electron chi connectivity index (χ3n) is 2.48. The number of halogens is 2. The first kappa shape index (κ1) is 13.0. The number of nitrogens with two attached hydrogens (primary N) is 2. The Morgan fingerprint density at radius 1 is 1.22 bits per heavy atom. The zero-order valence-corrected chi connectivity index (χ0v) is 10.8. The molecule has 0 aliphatic heterocycles. The highest BCUT2D eigenvalue weighted by Gasteiger charge is 2.17. The molecule has 94 valence electrons. The van der Waals surface area contributed by atoms with E-state index in [0.717, 1.165) is 5.56 Å². The predicted octanol–water partition coefficient (Wildman–Crippen LogP) is 1.92. The fraction of sp³-hybridized carbons (Fsp3) is 0.0909. The molecule has 0 aliphatic carbocycles. The maximum atomic E-state index is 5.91. The van der Waals surface area contributed by atoms with Crippen molar-refractivity contribution in [2.24, 2.45) is 5.84 Å². The van der Waals surface area contributed by atoms with Crippen molar-refractivity contribution in [3.8, 4) is 0 Å². The highest BCUT2D eigenvalue weighted by molar-refractivity contribution is 6.30. The van der Waals surface area contributed by atoms with Crippen molar-refractivity contribution >= 4 is 29.0 Å². The average Bonchev–Trinajstić information content (AvgIpc) is 2.35. The number of hydrogen-bond donors (Lipinski definition) is 3. The van der Waals surface area contributed by atoms with E-state index in [0.29, 0.717) is 21.6 Å². The smallest absolute Gasteiger partial charge is 0.129 e. The molecular formula is C11H11Cl2N5. The van der Waals surface area contributed by atoms with Crippen molar-refractivity contribution in [3.63, 3.8) is 0 Å². The van der Waals surface area contributed by atoms with Crippen LogP contribution in [0.15, 0.2) is 30.6 Å². The van der Waals surface area contributed by atoms with Crippen LogP contribution < -0.4 is 17.0 Å². The first-order chi connectivity index (χ1) is 8.61. The third kappa shape index (κ3) is 2.70. The summed E-state index contributed by atoms with van der Waals surface area (Å²) >= 11 is 11.8. The van der Waals surface area contributed by atoms with Crippen LogP contribution in [0, 0.1) is 0 Å². The number of aromatic nitrogens is 2. The molecule has 18 heavy (non-hydrogen) atoms. The van der Waals surface area contributed by atoms with Crippen LogP contribution in [0.25, 0.3) is 0 Å². The number of pyridine rings is 2. The Morgan fingerprint density at radius 3 is 2.67 bits per heavy atom. The number of nitrogens with one attached hydrogen (secondary N) is 1. The SMILES string of the molecule is NNC(c1ccnc(Cl)c1)c1cc(Cl)cnc1N. The molecule has 0 saturated heterocycles. The first-order valence-electron chi connectivity index (χ1n) is 5.10. The summed E-state index contributed by atoms with van der Waals surface area (Å²) in [4.78, 5) is 7.91. The Kier molecular flexibility index (Phi) is 3.98. The third-order valence-corrected chi connectivity index (χ3v) is 2.89. The van der Waals surface area contributed by atoms with E-state index in [9.17, 15) is 0 Å². The number of hydrogen-bond acceptors (Lipinski definition) is 5. The Balaban J connectivity index is 2.48. The van der Waals surface area contributed by atoms with Gasteiger partial charge in [0.05, 0.1) is 11.1 Å². The maximum Gasteiger partial charge on any atom is 0.129 e. The second-order valence-electron chi connectivity index (χ2n) is 3.64. The van der Waals surface area contributed by atoms with Gasteiger partial charge in [-0.3, -0.25) is 5.84 Å². The summed E-state index contributed by atoms with van der Waals surface area (Å²) in [6, 6.07) is 4.85. The summed E-state index contributed by atoms with van der Waals surface area (Å²) in [6.07, 6.45) is 3.07. The van der Waals surface area contributed by atoms with Crippen molar-refractivity contribution < 1.29 is 0 Å². The fourth-order valence-corrected chi connectivity index (χ4v) is 2.01. The number of nitrogens with zero attached hydrogens (tertiary/aromatic N) is 2. The van der Waals surface area contributed by atoms with E-state index in [1.165, 1.54) is 6.20 Å². The minimum Gasteiger partial charge on any atom is -0.383 e. The molecule has 0 fully saturated rings. The topological polar surface area (TPSA) is 89.8 Å². The van der Waals surface area contributed by atoms with Crippen molar-refractivity contribution in [1.82, 2.24) is 15.4 Å². The second kappa shape index (κ2) is 5.49. The number of anilines is 1. The van der Waals surface area contributed by atoms with Gasteiger partial charge in [0, 0.05) is 18.0 Å². The maximum absolute atomic E-state index is 5.91. The lowest BCUT2D eigenvalue weighted by Crippen LogP contribution is -2.29. The van der Waals surface area contributed by atoms with Crippen LogP contribution in [0.2, 0.25) is 10.2 Å². The Morgan fingerprint density at radius 2 is 2.00 bits per heavy atom. The van der Waals surface area contributed by atoms with Crippen LogP contribution in [0.4, 0.5) is 5.82 Å². The van der Waals surface area contributed by atoms with E-state index in [1.54, 1.807) is 24.4 Å². The molecule has 5 N–H and O–H groups in total. The Labute approximate surface area is 114 Å². The molecule has 0 spiro atoms. The molecule has 2 rings (SSSR count). The van der Waals surface area contributed by atoms with E-state index in [4.69, 9.17) is 34.8 Å². The summed E-state index contributed by atoms with van der Waals surface area (Å²) in [6.45, 7) is 0. The van der Waals surface area contributed by atoms with Crippen molar-refractivity contribution in [2.45, 2.75) is 6.04 Å². The highest BCUT2D eigenvalue weighted by Crippen LogP contribution is 2.27. The van der Waals surface area contributed by atoms with Crippen LogP contribution >= 0.6 is 23.2 Å². The highest BCUT2D eigenvalue weighted by atomic mass is 35.5. The molecule has 2 aromatic heterocycles.